The van der Waals surface area contributed by atoms with Gasteiger partial charge in [0, 0.05) is 13.2 Å². The van der Waals surface area contributed by atoms with E-state index in [1.54, 1.807) is 0 Å². The van der Waals surface area contributed by atoms with E-state index in [-0.39, 0.29) is 0 Å². The molecule has 0 rings (SSSR count). The van der Waals surface area contributed by atoms with Crippen molar-refractivity contribution in [2.45, 2.75) is 73.1 Å². The Kier molecular flexibility index (Phi) is 9.02. The van der Waals surface area contributed by atoms with E-state index in [2.05, 4.69) is 34.6 Å². The first-order chi connectivity index (χ1) is 7.49. The summed E-state index contributed by atoms with van der Waals surface area (Å²) in [5.74, 6) is 0.787. The molecule has 0 aromatic rings. The second kappa shape index (κ2) is 9.04. The number of unbranched alkanes of at least 4 members (excludes halogenated alkanes) is 1. The topological polar surface area (TPSA) is 9.23 Å². The van der Waals surface area contributed by atoms with Gasteiger partial charge in [-0.3, -0.25) is 0 Å². The minimum atomic E-state index is 0.454. The summed E-state index contributed by atoms with van der Waals surface area (Å²) < 4.78 is 5.78. The van der Waals surface area contributed by atoms with Gasteiger partial charge in [-0.25, -0.2) is 0 Å². The molecule has 0 aliphatic heterocycles. The maximum Gasteiger partial charge on any atom is 0.0494 e. The lowest BCUT2D eigenvalue weighted by Gasteiger charge is -2.19. The van der Waals surface area contributed by atoms with Crippen molar-refractivity contribution >= 4 is 0 Å². The predicted octanol–water partition coefficient (Wildman–Crippen LogP) is 5.05. The summed E-state index contributed by atoms with van der Waals surface area (Å²) in [5, 5.41) is 0. The van der Waals surface area contributed by atoms with Crippen LogP contribution in [-0.4, -0.2) is 13.2 Å². The monoisotopic (exact) mass is 228 g/mol. The van der Waals surface area contributed by atoms with E-state index in [9.17, 15) is 0 Å². The summed E-state index contributed by atoms with van der Waals surface area (Å²) in [5.41, 5.74) is 0.454. The van der Waals surface area contributed by atoms with Gasteiger partial charge in [-0.2, -0.15) is 0 Å². The first-order valence-corrected chi connectivity index (χ1v) is 7.07. The molecule has 0 aliphatic rings. The fraction of sp³-hybridized carbons (Fsp3) is 1.00. The molecule has 0 amide bonds. The van der Waals surface area contributed by atoms with E-state index in [4.69, 9.17) is 4.74 Å². The lowest BCUT2D eigenvalue weighted by molar-refractivity contribution is 0.0860. The molecule has 98 valence electrons. The molecule has 0 aromatic carbocycles. The first kappa shape index (κ1) is 16.0. The highest BCUT2D eigenvalue weighted by Gasteiger charge is 2.10. The average Bonchev–Trinajstić information content (AvgIpc) is 2.20. The van der Waals surface area contributed by atoms with Gasteiger partial charge in [-0.1, -0.05) is 53.9 Å². The summed E-state index contributed by atoms with van der Waals surface area (Å²) >= 11 is 0. The molecular formula is C15H32O. The molecule has 0 bridgehead atoms. The minimum absolute atomic E-state index is 0.454. The molecule has 0 saturated heterocycles. The Morgan fingerprint density at radius 2 is 1.75 bits per heavy atom. The zero-order valence-corrected chi connectivity index (χ0v) is 12.1. The Morgan fingerprint density at radius 1 is 1.06 bits per heavy atom. The summed E-state index contributed by atoms with van der Waals surface area (Å²) in [6.45, 7) is 13.3. The first-order valence-electron chi connectivity index (χ1n) is 7.07. The molecule has 0 saturated carbocycles. The number of hydrogen-bond acceptors (Lipinski definition) is 1. The standard InChI is InChI=1S/C15H32O/c1-6-8-10-14(7-2)13-16-12-9-11-15(3,4)5/h14H,6-13H2,1-5H3. The minimum Gasteiger partial charge on any atom is -0.381 e. The van der Waals surface area contributed by atoms with Crippen LogP contribution in [0, 0.1) is 11.3 Å². The smallest absolute Gasteiger partial charge is 0.0494 e. The van der Waals surface area contributed by atoms with Crippen molar-refractivity contribution in [1.29, 1.82) is 0 Å². The fourth-order valence-corrected chi connectivity index (χ4v) is 1.85. The number of hydrogen-bond donors (Lipinski definition) is 0. The van der Waals surface area contributed by atoms with E-state index in [1.165, 1.54) is 38.5 Å². The summed E-state index contributed by atoms with van der Waals surface area (Å²) in [6.07, 6.45) is 7.72. The molecule has 0 aromatic heterocycles. The van der Waals surface area contributed by atoms with Gasteiger partial charge in [0.2, 0.25) is 0 Å². The highest BCUT2D eigenvalue weighted by Crippen LogP contribution is 2.20. The predicted molar refractivity (Wildman–Crippen MR) is 72.8 cm³/mol. The van der Waals surface area contributed by atoms with Crippen molar-refractivity contribution in [3.8, 4) is 0 Å². The van der Waals surface area contributed by atoms with Gasteiger partial charge in [0.15, 0.2) is 0 Å². The zero-order chi connectivity index (χ0) is 12.4. The van der Waals surface area contributed by atoms with Crippen LogP contribution in [0.15, 0.2) is 0 Å². The molecule has 0 N–H and O–H groups in total. The van der Waals surface area contributed by atoms with Crippen LogP contribution in [0.3, 0.4) is 0 Å². The quantitative estimate of drug-likeness (QED) is 0.502. The molecule has 1 atom stereocenters. The highest BCUT2D eigenvalue weighted by atomic mass is 16.5. The van der Waals surface area contributed by atoms with Gasteiger partial charge < -0.3 is 4.74 Å². The summed E-state index contributed by atoms with van der Waals surface area (Å²) in [6, 6.07) is 0. The molecule has 0 spiro atoms. The molecule has 0 heterocycles. The maximum absolute atomic E-state index is 5.78. The van der Waals surface area contributed by atoms with Crippen molar-refractivity contribution in [1.82, 2.24) is 0 Å². The van der Waals surface area contributed by atoms with Gasteiger partial charge in [0.1, 0.15) is 0 Å². The third kappa shape index (κ3) is 10.5. The number of rotatable bonds is 9. The van der Waals surface area contributed by atoms with Crippen LogP contribution in [0.1, 0.15) is 73.1 Å². The Morgan fingerprint density at radius 3 is 2.25 bits per heavy atom. The second-order valence-corrected chi connectivity index (χ2v) is 6.16. The van der Waals surface area contributed by atoms with Gasteiger partial charge in [-0.15, -0.1) is 0 Å². The molecule has 0 radical (unpaired) electrons. The van der Waals surface area contributed by atoms with Crippen molar-refractivity contribution in [3.63, 3.8) is 0 Å². The third-order valence-electron chi connectivity index (χ3n) is 3.11. The van der Waals surface area contributed by atoms with Gasteiger partial charge in [0.05, 0.1) is 0 Å². The summed E-state index contributed by atoms with van der Waals surface area (Å²) in [7, 11) is 0. The van der Waals surface area contributed by atoms with E-state index >= 15 is 0 Å². The van der Waals surface area contributed by atoms with Gasteiger partial charge in [-0.05, 0) is 30.6 Å². The van der Waals surface area contributed by atoms with E-state index in [0.717, 1.165) is 19.1 Å². The zero-order valence-electron chi connectivity index (χ0n) is 12.1. The third-order valence-corrected chi connectivity index (χ3v) is 3.11. The Labute approximate surface area is 103 Å². The lowest BCUT2D eigenvalue weighted by Crippen LogP contribution is -2.11. The number of ether oxygens (including phenoxy) is 1. The van der Waals surface area contributed by atoms with E-state index in [0.29, 0.717) is 5.41 Å². The molecule has 1 unspecified atom stereocenters. The van der Waals surface area contributed by atoms with Crippen molar-refractivity contribution in [3.05, 3.63) is 0 Å². The average molecular weight is 228 g/mol. The summed E-state index contributed by atoms with van der Waals surface area (Å²) in [4.78, 5) is 0. The molecule has 1 nitrogen and oxygen atoms in total. The van der Waals surface area contributed by atoms with Crippen molar-refractivity contribution in [2.75, 3.05) is 13.2 Å². The molecule has 0 aliphatic carbocycles. The fourth-order valence-electron chi connectivity index (χ4n) is 1.85. The Bertz CT molecular complexity index is 146. The normalized spacial score (nSPS) is 14.1. The Hall–Kier alpha value is -0.0400. The van der Waals surface area contributed by atoms with Crippen LogP contribution >= 0.6 is 0 Å². The van der Waals surface area contributed by atoms with Crippen LogP contribution in [0.25, 0.3) is 0 Å². The van der Waals surface area contributed by atoms with E-state index in [1.807, 2.05) is 0 Å². The van der Waals surface area contributed by atoms with Gasteiger partial charge >= 0.3 is 0 Å². The maximum atomic E-state index is 5.78. The largest absolute Gasteiger partial charge is 0.381 e. The van der Waals surface area contributed by atoms with Crippen molar-refractivity contribution < 1.29 is 4.74 Å². The van der Waals surface area contributed by atoms with Crippen molar-refractivity contribution in [2.24, 2.45) is 11.3 Å². The van der Waals surface area contributed by atoms with Crippen LogP contribution in [0.2, 0.25) is 0 Å². The van der Waals surface area contributed by atoms with Crippen LogP contribution in [-0.2, 0) is 4.74 Å². The highest BCUT2D eigenvalue weighted by molar-refractivity contribution is 4.61. The second-order valence-electron chi connectivity index (χ2n) is 6.16. The van der Waals surface area contributed by atoms with Crippen LogP contribution < -0.4 is 0 Å². The molecule has 16 heavy (non-hydrogen) atoms. The van der Waals surface area contributed by atoms with Crippen LogP contribution in [0.4, 0.5) is 0 Å². The molecule has 0 fully saturated rings. The lowest BCUT2D eigenvalue weighted by atomic mass is 9.91. The van der Waals surface area contributed by atoms with Crippen LogP contribution in [0.5, 0.6) is 0 Å². The Balaban J connectivity index is 3.41. The van der Waals surface area contributed by atoms with E-state index < -0.39 is 0 Å². The molecular weight excluding hydrogens is 196 g/mol. The molecule has 1 heteroatoms. The SMILES string of the molecule is CCCCC(CC)COCCCC(C)(C)C. The van der Waals surface area contributed by atoms with Gasteiger partial charge in [0.25, 0.3) is 0 Å².